The van der Waals surface area contributed by atoms with Gasteiger partial charge in [0.15, 0.2) is 0 Å². The molecule has 0 N–H and O–H groups in total. The Morgan fingerprint density at radius 1 is 0.857 bits per heavy atom. The molecule has 0 heterocycles. The number of carbonyl (C=O) groups is 1. The summed E-state index contributed by atoms with van der Waals surface area (Å²) in [5.74, 6) is -0.0665. The van der Waals surface area contributed by atoms with Crippen LogP contribution in [0.3, 0.4) is 0 Å². The van der Waals surface area contributed by atoms with Crippen molar-refractivity contribution in [2.45, 2.75) is 78.2 Å². The van der Waals surface area contributed by atoms with Crippen molar-refractivity contribution in [2.24, 2.45) is 0 Å². The van der Waals surface area contributed by atoms with Crippen LogP contribution in [-0.4, -0.2) is 5.97 Å². The van der Waals surface area contributed by atoms with Crippen LogP contribution in [0.2, 0.25) is 0 Å². The van der Waals surface area contributed by atoms with E-state index in [2.05, 4.69) is 26.0 Å². The smallest absolute Gasteiger partial charge is 0.306 e. The Labute approximate surface area is 129 Å². The number of hydrogen-bond acceptors (Lipinski definition) is 2. The maximum absolute atomic E-state index is 11.7. The Balaban J connectivity index is 2.05. The zero-order valence-electron chi connectivity index (χ0n) is 13.7. The van der Waals surface area contributed by atoms with Crippen LogP contribution in [0.25, 0.3) is 0 Å². The first-order chi connectivity index (χ1) is 10.3. The Morgan fingerprint density at radius 2 is 1.43 bits per heavy atom. The summed E-state index contributed by atoms with van der Waals surface area (Å²) in [6.45, 7) is 4.77. The third kappa shape index (κ3) is 8.54. The second kappa shape index (κ2) is 11.4. The van der Waals surface area contributed by atoms with Crippen LogP contribution in [0, 0.1) is 0 Å². The van der Waals surface area contributed by atoms with Crippen LogP contribution in [0.5, 0.6) is 0 Å². The molecule has 0 aliphatic carbocycles. The monoisotopic (exact) mass is 290 g/mol. The third-order valence-electron chi connectivity index (χ3n) is 3.82. The van der Waals surface area contributed by atoms with Crippen molar-refractivity contribution in [3.8, 4) is 0 Å². The van der Waals surface area contributed by atoms with Gasteiger partial charge in [0.1, 0.15) is 6.61 Å². The molecule has 0 aliphatic rings. The molecule has 0 unspecified atom stereocenters. The first kappa shape index (κ1) is 17.7. The Kier molecular flexibility index (Phi) is 9.60. The summed E-state index contributed by atoms with van der Waals surface area (Å²) < 4.78 is 5.31. The highest BCUT2D eigenvalue weighted by Gasteiger charge is 2.03. The Hall–Kier alpha value is -1.31. The molecule has 0 fully saturated rings. The molecule has 0 saturated carbocycles. The number of aryl methyl sites for hydroxylation is 1. The van der Waals surface area contributed by atoms with Crippen LogP contribution >= 0.6 is 0 Å². The lowest BCUT2D eigenvalue weighted by Gasteiger charge is -2.06. The van der Waals surface area contributed by atoms with Crippen LogP contribution in [-0.2, 0) is 22.6 Å². The van der Waals surface area contributed by atoms with E-state index in [9.17, 15) is 4.79 Å². The number of ether oxygens (including phenoxy) is 1. The molecule has 2 heteroatoms. The van der Waals surface area contributed by atoms with E-state index in [0.717, 1.165) is 24.8 Å². The summed E-state index contributed by atoms with van der Waals surface area (Å²) in [4.78, 5) is 11.7. The fourth-order valence-electron chi connectivity index (χ4n) is 2.33. The molecule has 0 spiro atoms. The minimum absolute atomic E-state index is 0.0665. The van der Waals surface area contributed by atoms with E-state index in [1.807, 2.05) is 12.1 Å². The Bertz CT molecular complexity index is 381. The van der Waals surface area contributed by atoms with Gasteiger partial charge in [0.05, 0.1) is 0 Å². The number of carbonyl (C=O) groups excluding carboxylic acids is 1. The fourth-order valence-corrected chi connectivity index (χ4v) is 2.33. The normalized spacial score (nSPS) is 10.6. The van der Waals surface area contributed by atoms with E-state index in [1.54, 1.807) is 0 Å². The van der Waals surface area contributed by atoms with E-state index >= 15 is 0 Å². The van der Waals surface area contributed by atoms with Gasteiger partial charge >= 0.3 is 5.97 Å². The lowest BCUT2D eigenvalue weighted by atomic mass is 10.1. The molecule has 1 rings (SSSR count). The molecular weight excluding hydrogens is 260 g/mol. The molecule has 0 atom stereocenters. The summed E-state index contributed by atoms with van der Waals surface area (Å²) in [5, 5.41) is 0. The third-order valence-corrected chi connectivity index (χ3v) is 3.82. The zero-order valence-corrected chi connectivity index (χ0v) is 13.7. The molecule has 118 valence electrons. The molecule has 21 heavy (non-hydrogen) atoms. The summed E-state index contributed by atoms with van der Waals surface area (Å²) in [7, 11) is 0. The lowest BCUT2D eigenvalue weighted by molar-refractivity contribution is -0.145. The minimum atomic E-state index is -0.0665. The van der Waals surface area contributed by atoms with Crippen molar-refractivity contribution in [1.82, 2.24) is 0 Å². The highest BCUT2D eigenvalue weighted by atomic mass is 16.5. The predicted molar refractivity (Wildman–Crippen MR) is 88.2 cm³/mol. The quantitative estimate of drug-likeness (QED) is 0.401. The van der Waals surface area contributed by atoms with Crippen molar-refractivity contribution in [2.75, 3.05) is 0 Å². The maximum Gasteiger partial charge on any atom is 0.306 e. The summed E-state index contributed by atoms with van der Waals surface area (Å²) in [5.41, 5.74) is 2.38. The molecule has 0 saturated heterocycles. The first-order valence-electron chi connectivity index (χ1n) is 8.49. The summed E-state index contributed by atoms with van der Waals surface area (Å²) in [6, 6.07) is 8.28. The van der Waals surface area contributed by atoms with Gasteiger partial charge in [-0.15, -0.1) is 0 Å². The number of rotatable bonds is 11. The number of hydrogen-bond donors (Lipinski definition) is 0. The molecule has 0 aromatic heterocycles. The van der Waals surface area contributed by atoms with Gasteiger partial charge < -0.3 is 4.74 Å². The largest absolute Gasteiger partial charge is 0.461 e. The molecule has 0 bridgehead atoms. The van der Waals surface area contributed by atoms with Gasteiger partial charge in [0.2, 0.25) is 0 Å². The van der Waals surface area contributed by atoms with Gasteiger partial charge in [-0.2, -0.15) is 0 Å². The van der Waals surface area contributed by atoms with Crippen molar-refractivity contribution < 1.29 is 9.53 Å². The van der Waals surface area contributed by atoms with Crippen LogP contribution in [0.4, 0.5) is 0 Å². The van der Waals surface area contributed by atoms with Gasteiger partial charge in [-0.1, -0.05) is 76.6 Å². The molecule has 2 nitrogen and oxygen atoms in total. The second-order valence-corrected chi connectivity index (χ2v) is 5.70. The molecular formula is C19H30O2. The lowest BCUT2D eigenvalue weighted by Crippen LogP contribution is -2.04. The van der Waals surface area contributed by atoms with Gasteiger partial charge in [-0.3, -0.25) is 4.79 Å². The maximum atomic E-state index is 11.7. The summed E-state index contributed by atoms with van der Waals surface area (Å²) in [6.07, 6.45) is 10.2. The van der Waals surface area contributed by atoms with Gasteiger partial charge in [0.25, 0.3) is 0 Å². The highest BCUT2D eigenvalue weighted by Crippen LogP contribution is 2.10. The van der Waals surface area contributed by atoms with Crippen LogP contribution in [0.1, 0.15) is 76.3 Å². The molecule has 1 aromatic carbocycles. The zero-order chi connectivity index (χ0) is 15.3. The number of esters is 1. The van der Waals surface area contributed by atoms with Crippen molar-refractivity contribution in [3.63, 3.8) is 0 Å². The minimum Gasteiger partial charge on any atom is -0.461 e. The van der Waals surface area contributed by atoms with E-state index < -0.39 is 0 Å². The average Bonchev–Trinajstić information content (AvgIpc) is 2.52. The Morgan fingerprint density at radius 3 is 2.05 bits per heavy atom. The van der Waals surface area contributed by atoms with Gasteiger partial charge in [-0.25, -0.2) is 0 Å². The molecule has 0 aliphatic heterocycles. The topological polar surface area (TPSA) is 26.3 Å². The van der Waals surface area contributed by atoms with E-state index in [4.69, 9.17) is 4.74 Å². The van der Waals surface area contributed by atoms with Crippen LogP contribution in [0.15, 0.2) is 24.3 Å². The summed E-state index contributed by atoms with van der Waals surface area (Å²) >= 11 is 0. The van der Waals surface area contributed by atoms with Crippen molar-refractivity contribution in [3.05, 3.63) is 35.4 Å². The molecule has 1 aromatic rings. The van der Waals surface area contributed by atoms with Gasteiger partial charge in [-0.05, 0) is 24.0 Å². The SMILES string of the molecule is CCCCCCCCCC(=O)OCc1ccc(CC)cc1. The first-order valence-corrected chi connectivity index (χ1v) is 8.49. The van der Waals surface area contributed by atoms with Crippen molar-refractivity contribution in [1.29, 1.82) is 0 Å². The number of benzene rings is 1. The van der Waals surface area contributed by atoms with Crippen molar-refractivity contribution >= 4 is 5.97 Å². The van der Waals surface area contributed by atoms with E-state index in [1.165, 1.54) is 37.7 Å². The van der Waals surface area contributed by atoms with E-state index in [-0.39, 0.29) is 5.97 Å². The molecule has 0 radical (unpaired) electrons. The standard InChI is InChI=1S/C19H30O2/c1-3-5-6-7-8-9-10-11-19(20)21-16-18-14-12-17(4-2)13-15-18/h12-15H,3-11,16H2,1-2H3. The van der Waals surface area contributed by atoms with E-state index in [0.29, 0.717) is 13.0 Å². The molecule has 0 amide bonds. The highest BCUT2D eigenvalue weighted by molar-refractivity contribution is 5.69. The second-order valence-electron chi connectivity index (χ2n) is 5.70. The van der Waals surface area contributed by atoms with Gasteiger partial charge in [0, 0.05) is 6.42 Å². The predicted octanol–water partition coefficient (Wildman–Crippen LogP) is 5.43. The van der Waals surface area contributed by atoms with Crippen LogP contribution < -0.4 is 0 Å². The fraction of sp³-hybridized carbons (Fsp3) is 0.632. The average molecular weight is 290 g/mol. The number of unbranched alkanes of at least 4 members (excludes halogenated alkanes) is 6.